The standard InChI is InChI=1S/C27H27N5O4/c1-2-20-10-6-11-23(29-20)26(35)28-14-7-15-32(17-18-8-4-3-5-9-18)27(36)19-12-13-21-22(16-19)25(34)31-30-24(21)33/h3-6,8-13,16H,2,7,14-15,17H2,1H3,(H,28,35)(H,30,33)(H,31,34). The molecule has 0 fully saturated rings. The summed E-state index contributed by atoms with van der Waals surface area (Å²) in [6.45, 7) is 3.08. The fourth-order valence-corrected chi connectivity index (χ4v) is 3.92. The second-order valence-electron chi connectivity index (χ2n) is 8.36. The van der Waals surface area contributed by atoms with Crippen LogP contribution in [0.4, 0.5) is 0 Å². The normalized spacial score (nSPS) is 10.8. The van der Waals surface area contributed by atoms with Crippen LogP contribution in [0, 0.1) is 0 Å². The number of aryl methyl sites for hydroxylation is 1. The number of rotatable bonds is 9. The van der Waals surface area contributed by atoms with Crippen molar-refractivity contribution in [3.05, 3.63) is 110 Å². The minimum atomic E-state index is -0.475. The molecule has 0 bridgehead atoms. The Hall–Kier alpha value is -4.53. The molecule has 0 saturated carbocycles. The largest absolute Gasteiger partial charge is 0.351 e. The van der Waals surface area contributed by atoms with E-state index in [4.69, 9.17) is 0 Å². The third-order valence-corrected chi connectivity index (χ3v) is 5.84. The zero-order valence-electron chi connectivity index (χ0n) is 19.9. The molecule has 0 atom stereocenters. The van der Waals surface area contributed by atoms with Crippen molar-refractivity contribution in [2.75, 3.05) is 13.1 Å². The summed E-state index contributed by atoms with van der Waals surface area (Å²) < 4.78 is 0. The summed E-state index contributed by atoms with van der Waals surface area (Å²) in [5.41, 5.74) is 1.56. The number of aromatic amines is 2. The Morgan fingerprint density at radius 1 is 0.917 bits per heavy atom. The lowest BCUT2D eigenvalue weighted by Gasteiger charge is -2.23. The van der Waals surface area contributed by atoms with Crippen molar-refractivity contribution in [2.45, 2.75) is 26.3 Å². The van der Waals surface area contributed by atoms with Crippen LogP contribution < -0.4 is 16.4 Å². The second-order valence-corrected chi connectivity index (χ2v) is 8.36. The lowest BCUT2D eigenvalue weighted by atomic mass is 10.1. The third-order valence-electron chi connectivity index (χ3n) is 5.84. The van der Waals surface area contributed by atoms with Crippen molar-refractivity contribution in [3.63, 3.8) is 0 Å². The van der Waals surface area contributed by atoms with Gasteiger partial charge in [-0.3, -0.25) is 29.4 Å². The number of benzene rings is 2. The maximum Gasteiger partial charge on any atom is 0.270 e. The first-order valence-corrected chi connectivity index (χ1v) is 11.8. The molecule has 0 spiro atoms. The van der Waals surface area contributed by atoms with Gasteiger partial charge in [-0.05, 0) is 48.7 Å². The molecule has 184 valence electrons. The van der Waals surface area contributed by atoms with Gasteiger partial charge in [0.1, 0.15) is 5.69 Å². The molecule has 36 heavy (non-hydrogen) atoms. The number of H-pyrrole nitrogens is 2. The van der Waals surface area contributed by atoms with Crippen molar-refractivity contribution in [3.8, 4) is 0 Å². The van der Waals surface area contributed by atoms with E-state index < -0.39 is 11.1 Å². The molecule has 2 aromatic carbocycles. The minimum Gasteiger partial charge on any atom is -0.351 e. The van der Waals surface area contributed by atoms with E-state index in [0.717, 1.165) is 17.7 Å². The Balaban J connectivity index is 1.48. The number of fused-ring (bicyclic) bond motifs is 1. The number of carbonyl (C=O) groups is 2. The van der Waals surface area contributed by atoms with E-state index in [1.165, 1.54) is 12.1 Å². The topological polar surface area (TPSA) is 128 Å². The fourth-order valence-electron chi connectivity index (χ4n) is 3.92. The van der Waals surface area contributed by atoms with Crippen LogP contribution in [0.3, 0.4) is 0 Å². The van der Waals surface area contributed by atoms with Crippen molar-refractivity contribution in [1.82, 2.24) is 25.4 Å². The van der Waals surface area contributed by atoms with Gasteiger partial charge in [0.05, 0.1) is 10.8 Å². The Bertz CT molecular complexity index is 1490. The van der Waals surface area contributed by atoms with Gasteiger partial charge in [0.25, 0.3) is 22.9 Å². The average molecular weight is 486 g/mol. The van der Waals surface area contributed by atoms with Gasteiger partial charge in [-0.1, -0.05) is 43.3 Å². The quantitative estimate of drug-likeness (QED) is 0.314. The van der Waals surface area contributed by atoms with Crippen molar-refractivity contribution >= 4 is 22.6 Å². The van der Waals surface area contributed by atoms with E-state index in [-0.39, 0.29) is 22.6 Å². The van der Waals surface area contributed by atoms with Gasteiger partial charge < -0.3 is 10.2 Å². The van der Waals surface area contributed by atoms with Crippen LogP contribution >= 0.6 is 0 Å². The average Bonchev–Trinajstić information content (AvgIpc) is 2.92. The van der Waals surface area contributed by atoms with E-state index in [2.05, 4.69) is 20.5 Å². The van der Waals surface area contributed by atoms with Crippen LogP contribution in [-0.2, 0) is 13.0 Å². The Morgan fingerprint density at radius 2 is 1.67 bits per heavy atom. The van der Waals surface area contributed by atoms with Gasteiger partial charge in [0.2, 0.25) is 0 Å². The lowest BCUT2D eigenvalue weighted by Crippen LogP contribution is -2.34. The lowest BCUT2D eigenvalue weighted by molar-refractivity contribution is 0.0741. The molecule has 4 aromatic rings. The van der Waals surface area contributed by atoms with Gasteiger partial charge in [-0.2, -0.15) is 0 Å². The van der Waals surface area contributed by atoms with Crippen LogP contribution in [0.2, 0.25) is 0 Å². The number of pyridine rings is 1. The van der Waals surface area contributed by atoms with Gasteiger partial charge in [0.15, 0.2) is 0 Å². The highest BCUT2D eigenvalue weighted by Crippen LogP contribution is 2.14. The summed E-state index contributed by atoms with van der Waals surface area (Å²) in [4.78, 5) is 56.1. The molecule has 0 saturated heterocycles. The summed E-state index contributed by atoms with van der Waals surface area (Å²) in [5.74, 6) is -0.533. The smallest absolute Gasteiger partial charge is 0.270 e. The van der Waals surface area contributed by atoms with E-state index in [0.29, 0.717) is 37.3 Å². The fraction of sp³-hybridized carbons (Fsp3) is 0.222. The molecule has 9 nitrogen and oxygen atoms in total. The number of aromatic nitrogens is 3. The molecule has 2 aromatic heterocycles. The van der Waals surface area contributed by atoms with Crippen LogP contribution in [0.25, 0.3) is 10.8 Å². The van der Waals surface area contributed by atoms with E-state index in [1.807, 2.05) is 49.4 Å². The third kappa shape index (κ3) is 5.75. The first-order chi connectivity index (χ1) is 17.5. The van der Waals surface area contributed by atoms with Crippen LogP contribution in [0.15, 0.2) is 76.3 Å². The van der Waals surface area contributed by atoms with Crippen LogP contribution in [0.5, 0.6) is 0 Å². The first-order valence-electron chi connectivity index (χ1n) is 11.8. The molecule has 9 heteroatoms. The van der Waals surface area contributed by atoms with Gasteiger partial charge in [-0.15, -0.1) is 0 Å². The minimum absolute atomic E-state index is 0.151. The van der Waals surface area contributed by atoms with Gasteiger partial charge in [-0.25, -0.2) is 4.98 Å². The van der Waals surface area contributed by atoms with Crippen molar-refractivity contribution < 1.29 is 9.59 Å². The monoisotopic (exact) mass is 485 g/mol. The molecule has 0 aliphatic carbocycles. The Morgan fingerprint density at radius 3 is 2.42 bits per heavy atom. The molecule has 0 aliphatic heterocycles. The summed E-state index contributed by atoms with van der Waals surface area (Å²) >= 11 is 0. The molecule has 0 radical (unpaired) electrons. The summed E-state index contributed by atoms with van der Waals surface area (Å²) in [6, 6.07) is 19.4. The van der Waals surface area contributed by atoms with E-state index >= 15 is 0 Å². The maximum absolute atomic E-state index is 13.4. The predicted molar refractivity (Wildman–Crippen MR) is 137 cm³/mol. The summed E-state index contributed by atoms with van der Waals surface area (Å²) in [6.07, 6.45) is 1.26. The van der Waals surface area contributed by atoms with Crippen molar-refractivity contribution in [1.29, 1.82) is 0 Å². The molecule has 0 unspecified atom stereocenters. The second kappa shape index (κ2) is 11.3. The highest BCUT2D eigenvalue weighted by atomic mass is 16.2. The predicted octanol–water partition coefficient (Wildman–Crippen LogP) is 2.64. The summed E-state index contributed by atoms with van der Waals surface area (Å²) in [5, 5.41) is 7.80. The van der Waals surface area contributed by atoms with E-state index in [9.17, 15) is 19.2 Å². The Kier molecular flexibility index (Phi) is 7.69. The first kappa shape index (κ1) is 24.6. The van der Waals surface area contributed by atoms with Gasteiger partial charge in [0, 0.05) is 30.9 Å². The van der Waals surface area contributed by atoms with E-state index in [1.54, 1.807) is 17.0 Å². The zero-order chi connectivity index (χ0) is 25.5. The van der Waals surface area contributed by atoms with Gasteiger partial charge >= 0.3 is 0 Å². The number of nitrogens with one attached hydrogen (secondary N) is 3. The zero-order valence-corrected chi connectivity index (χ0v) is 19.9. The highest BCUT2D eigenvalue weighted by molar-refractivity contribution is 5.98. The number of hydrogen-bond donors (Lipinski definition) is 3. The highest BCUT2D eigenvalue weighted by Gasteiger charge is 2.18. The number of carbonyl (C=O) groups excluding carboxylic acids is 2. The molecule has 2 amide bonds. The molecule has 4 rings (SSSR count). The molecule has 2 heterocycles. The Labute approximate surface area is 207 Å². The molecule has 0 aliphatic rings. The number of nitrogens with zero attached hydrogens (tertiary/aromatic N) is 2. The molecular formula is C27H27N5O4. The number of hydrogen-bond acceptors (Lipinski definition) is 5. The number of amides is 2. The van der Waals surface area contributed by atoms with Crippen LogP contribution in [0.1, 0.15) is 45.4 Å². The molecule has 3 N–H and O–H groups in total. The SMILES string of the molecule is CCc1cccc(C(=O)NCCCN(Cc2ccccc2)C(=O)c2ccc3c(=O)[nH][nH]c(=O)c3c2)n1. The van der Waals surface area contributed by atoms with Crippen LogP contribution in [-0.4, -0.2) is 45.0 Å². The summed E-state index contributed by atoms with van der Waals surface area (Å²) in [7, 11) is 0. The van der Waals surface area contributed by atoms with Crippen molar-refractivity contribution in [2.24, 2.45) is 0 Å². The maximum atomic E-state index is 13.4. The molecular weight excluding hydrogens is 458 g/mol.